The number of benzene rings is 2. The molecule has 0 saturated carbocycles. The van der Waals surface area contributed by atoms with E-state index in [1.807, 2.05) is 32.0 Å². The lowest BCUT2D eigenvalue weighted by atomic mass is 10.1. The maximum absolute atomic E-state index is 11.8. The third-order valence-electron chi connectivity index (χ3n) is 3.48. The van der Waals surface area contributed by atoms with E-state index in [0.717, 1.165) is 10.0 Å². The Hall–Kier alpha value is -2.14. The molecule has 0 unspecified atom stereocenters. The molecule has 0 bridgehead atoms. The summed E-state index contributed by atoms with van der Waals surface area (Å²) in [5.41, 5.74) is 3.82. The Morgan fingerprint density at radius 1 is 1.04 bits per heavy atom. The van der Waals surface area contributed by atoms with Crippen LogP contribution in [-0.2, 0) is 16.1 Å². The van der Waals surface area contributed by atoms with Crippen molar-refractivity contribution >= 4 is 27.8 Å². The van der Waals surface area contributed by atoms with Crippen LogP contribution in [0.25, 0.3) is 0 Å². The number of carbonyl (C=O) groups excluding carboxylic acids is 2. The smallest absolute Gasteiger partial charge is 0.338 e. The molecule has 0 aliphatic carbocycles. The Labute approximate surface area is 144 Å². The summed E-state index contributed by atoms with van der Waals surface area (Å²) in [7, 11) is 0. The monoisotopic (exact) mass is 375 g/mol. The number of halogens is 1. The van der Waals surface area contributed by atoms with Crippen LogP contribution in [0.4, 0.5) is 0 Å². The van der Waals surface area contributed by atoms with Crippen LogP contribution in [0.1, 0.15) is 27.0 Å². The highest BCUT2D eigenvalue weighted by atomic mass is 79.9. The minimum atomic E-state index is -0.515. The molecule has 0 aliphatic heterocycles. The Kier molecular flexibility index (Phi) is 5.93. The predicted octanol–water partition coefficient (Wildman–Crippen LogP) is 3.54. The summed E-state index contributed by atoms with van der Waals surface area (Å²) in [6, 6.07) is 12.8. The van der Waals surface area contributed by atoms with E-state index in [4.69, 9.17) is 4.74 Å². The van der Waals surface area contributed by atoms with Crippen LogP contribution in [0.5, 0.6) is 0 Å². The normalized spacial score (nSPS) is 10.2. The number of ether oxygens (including phenoxy) is 1. The van der Waals surface area contributed by atoms with Gasteiger partial charge in [0.25, 0.3) is 5.91 Å². The quantitative estimate of drug-likeness (QED) is 0.813. The van der Waals surface area contributed by atoms with E-state index in [1.54, 1.807) is 24.3 Å². The number of hydrogen-bond donors (Lipinski definition) is 1. The highest BCUT2D eigenvalue weighted by molar-refractivity contribution is 9.10. The molecular weight excluding hydrogens is 358 g/mol. The number of hydrogen-bond acceptors (Lipinski definition) is 3. The molecule has 0 spiro atoms. The molecule has 4 nitrogen and oxygen atoms in total. The van der Waals surface area contributed by atoms with E-state index in [2.05, 4.69) is 21.2 Å². The number of carbonyl (C=O) groups is 2. The molecular formula is C18H18BrNO3. The van der Waals surface area contributed by atoms with Crippen molar-refractivity contribution in [1.82, 2.24) is 5.32 Å². The fourth-order valence-electron chi connectivity index (χ4n) is 1.97. The first-order valence-corrected chi connectivity index (χ1v) is 8.00. The van der Waals surface area contributed by atoms with Gasteiger partial charge in [0, 0.05) is 11.0 Å². The molecule has 120 valence electrons. The number of aryl methyl sites for hydroxylation is 2. The van der Waals surface area contributed by atoms with Crippen molar-refractivity contribution in [1.29, 1.82) is 0 Å². The van der Waals surface area contributed by atoms with Gasteiger partial charge in [-0.25, -0.2) is 4.79 Å². The zero-order valence-electron chi connectivity index (χ0n) is 13.1. The summed E-state index contributed by atoms with van der Waals surface area (Å²) in [6.07, 6.45) is 0. The van der Waals surface area contributed by atoms with Crippen molar-refractivity contribution in [2.75, 3.05) is 6.61 Å². The second-order valence-electron chi connectivity index (χ2n) is 5.28. The number of esters is 1. The third kappa shape index (κ3) is 5.21. The highest BCUT2D eigenvalue weighted by Gasteiger charge is 2.10. The van der Waals surface area contributed by atoms with Gasteiger partial charge in [0.1, 0.15) is 0 Å². The first-order chi connectivity index (χ1) is 11.0. The summed E-state index contributed by atoms with van der Waals surface area (Å²) < 4.78 is 5.87. The van der Waals surface area contributed by atoms with Crippen LogP contribution >= 0.6 is 15.9 Å². The minimum Gasteiger partial charge on any atom is -0.452 e. The zero-order valence-corrected chi connectivity index (χ0v) is 14.6. The third-order valence-corrected chi connectivity index (χ3v) is 4.00. The van der Waals surface area contributed by atoms with Gasteiger partial charge in [0.2, 0.25) is 0 Å². The fraction of sp³-hybridized carbons (Fsp3) is 0.222. The number of nitrogens with one attached hydrogen (secondary N) is 1. The number of amides is 1. The Morgan fingerprint density at radius 2 is 1.74 bits per heavy atom. The molecule has 2 aromatic carbocycles. The molecule has 23 heavy (non-hydrogen) atoms. The van der Waals surface area contributed by atoms with Crippen LogP contribution in [0.2, 0.25) is 0 Å². The molecule has 0 atom stereocenters. The molecule has 0 radical (unpaired) electrons. The average Bonchev–Trinajstić information content (AvgIpc) is 2.54. The van der Waals surface area contributed by atoms with Crippen LogP contribution in [0, 0.1) is 13.8 Å². The van der Waals surface area contributed by atoms with Crippen molar-refractivity contribution in [3.05, 3.63) is 69.2 Å². The zero-order chi connectivity index (χ0) is 16.8. The van der Waals surface area contributed by atoms with Crippen molar-refractivity contribution in [3.8, 4) is 0 Å². The molecule has 0 heterocycles. The van der Waals surface area contributed by atoms with Crippen LogP contribution in [0.15, 0.2) is 46.9 Å². The van der Waals surface area contributed by atoms with Crippen molar-refractivity contribution in [2.45, 2.75) is 20.4 Å². The molecule has 0 aromatic heterocycles. The van der Waals surface area contributed by atoms with Crippen LogP contribution < -0.4 is 5.32 Å². The van der Waals surface area contributed by atoms with Gasteiger partial charge in [-0.1, -0.05) is 34.1 Å². The van der Waals surface area contributed by atoms with Crippen molar-refractivity contribution < 1.29 is 14.3 Å². The molecule has 1 N–H and O–H groups in total. The van der Waals surface area contributed by atoms with Gasteiger partial charge >= 0.3 is 5.97 Å². The topological polar surface area (TPSA) is 55.4 Å². The average molecular weight is 376 g/mol. The molecule has 0 fully saturated rings. The molecule has 0 saturated heterocycles. The largest absolute Gasteiger partial charge is 0.452 e. The maximum atomic E-state index is 11.8. The highest BCUT2D eigenvalue weighted by Crippen LogP contribution is 2.11. The lowest BCUT2D eigenvalue weighted by Crippen LogP contribution is -2.28. The standard InChI is InChI=1S/C18H18BrNO3/c1-12-3-4-14(9-13(12)2)10-20-17(21)11-23-18(22)15-5-7-16(19)8-6-15/h3-9H,10-11H2,1-2H3,(H,20,21). The van der Waals surface area contributed by atoms with Gasteiger partial charge < -0.3 is 10.1 Å². The van der Waals surface area contributed by atoms with Crippen molar-refractivity contribution in [3.63, 3.8) is 0 Å². The van der Waals surface area contributed by atoms with E-state index in [0.29, 0.717) is 12.1 Å². The van der Waals surface area contributed by atoms with Gasteiger partial charge in [0.15, 0.2) is 6.61 Å². The summed E-state index contributed by atoms with van der Waals surface area (Å²) >= 11 is 3.29. The lowest BCUT2D eigenvalue weighted by Gasteiger charge is -2.08. The first kappa shape index (κ1) is 17.2. The van der Waals surface area contributed by atoms with Gasteiger partial charge in [-0.15, -0.1) is 0 Å². The predicted molar refractivity (Wildman–Crippen MR) is 92.2 cm³/mol. The minimum absolute atomic E-state index is 0.292. The van der Waals surface area contributed by atoms with Crippen LogP contribution in [0.3, 0.4) is 0 Å². The van der Waals surface area contributed by atoms with E-state index in [1.165, 1.54) is 11.1 Å². The van der Waals surface area contributed by atoms with Gasteiger partial charge in [-0.05, 0) is 54.8 Å². The molecule has 1 amide bonds. The van der Waals surface area contributed by atoms with E-state index in [-0.39, 0.29) is 12.5 Å². The van der Waals surface area contributed by atoms with Gasteiger partial charge in [-0.2, -0.15) is 0 Å². The molecule has 0 aliphatic rings. The Bertz CT molecular complexity index is 711. The van der Waals surface area contributed by atoms with Crippen molar-refractivity contribution in [2.24, 2.45) is 0 Å². The second kappa shape index (κ2) is 7.92. The van der Waals surface area contributed by atoms with Crippen LogP contribution in [-0.4, -0.2) is 18.5 Å². The number of rotatable bonds is 5. The van der Waals surface area contributed by atoms with Gasteiger partial charge in [0.05, 0.1) is 5.56 Å². The fourth-order valence-corrected chi connectivity index (χ4v) is 2.23. The van der Waals surface area contributed by atoms with E-state index >= 15 is 0 Å². The SMILES string of the molecule is Cc1ccc(CNC(=O)COC(=O)c2ccc(Br)cc2)cc1C. The molecule has 2 aromatic rings. The molecule has 5 heteroatoms. The lowest BCUT2D eigenvalue weighted by molar-refractivity contribution is -0.124. The second-order valence-corrected chi connectivity index (χ2v) is 6.19. The maximum Gasteiger partial charge on any atom is 0.338 e. The summed E-state index contributed by atoms with van der Waals surface area (Å²) in [4.78, 5) is 23.6. The summed E-state index contributed by atoms with van der Waals surface area (Å²) in [6.45, 7) is 4.19. The van der Waals surface area contributed by atoms with Gasteiger partial charge in [-0.3, -0.25) is 4.79 Å². The first-order valence-electron chi connectivity index (χ1n) is 7.21. The summed E-state index contributed by atoms with van der Waals surface area (Å²) in [5, 5.41) is 2.74. The Balaban J connectivity index is 1.79. The van der Waals surface area contributed by atoms with E-state index < -0.39 is 5.97 Å². The van der Waals surface area contributed by atoms with E-state index in [9.17, 15) is 9.59 Å². The Morgan fingerprint density at radius 3 is 2.39 bits per heavy atom. The summed E-state index contributed by atoms with van der Waals surface area (Å²) in [5.74, 6) is -0.840. The molecule has 2 rings (SSSR count).